The molecule has 0 amide bonds. The van der Waals surface area contributed by atoms with Gasteiger partial charge in [0.05, 0.1) is 12.2 Å². The number of nitrogens with zero attached hydrogens (tertiary/aromatic N) is 3. The minimum Gasteiger partial charge on any atom is -0.463 e. The fraction of sp³-hybridized carbons (Fsp3) is 0.227. The van der Waals surface area contributed by atoms with Crippen molar-refractivity contribution in [3.63, 3.8) is 0 Å². The van der Waals surface area contributed by atoms with E-state index in [0.29, 0.717) is 33.2 Å². The van der Waals surface area contributed by atoms with Crippen LogP contribution in [-0.4, -0.2) is 27.3 Å². The number of nitrogens with one attached hydrogen (secondary N) is 1. The highest BCUT2D eigenvalue weighted by Crippen LogP contribution is 2.37. The second kappa shape index (κ2) is 9.64. The summed E-state index contributed by atoms with van der Waals surface area (Å²) in [4.78, 5) is 17.4. The van der Waals surface area contributed by atoms with Crippen LogP contribution in [0.25, 0.3) is 0 Å². The second-order valence-electron chi connectivity index (χ2n) is 7.03. The number of thioether (sulfide) groups is 1. The number of fused-ring (bicyclic) bond motifs is 1. The number of rotatable bonds is 6. The van der Waals surface area contributed by atoms with Crippen molar-refractivity contribution in [3.05, 3.63) is 80.2 Å². The average Bonchev–Trinajstić information content (AvgIpc) is 3.15. The molecule has 166 valence electrons. The van der Waals surface area contributed by atoms with E-state index < -0.39 is 12.0 Å². The predicted molar refractivity (Wildman–Crippen MR) is 126 cm³/mol. The number of carbonyl (C=O) groups is 1. The molecular formula is C22H19BrClFN4O2S. The molecule has 0 bridgehead atoms. The lowest BCUT2D eigenvalue weighted by Gasteiger charge is -2.28. The number of benzene rings is 2. The van der Waals surface area contributed by atoms with Crippen molar-refractivity contribution in [2.24, 2.45) is 0 Å². The molecule has 0 saturated heterocycles. The van der Waals surface area contributed by atoms with Crippen LogP contribution in [0, 0.1) is 5.82 Å². The van der Waals surface area contributed by atoms with Crippen molar-refractivity contribution in [1.82, 2.24) is 14.8 Å². The minimum absolute atomic E-state index is 0.270. The molecule has 1 aliphatic heterocycles. The maximum absolute atomic E-state index is 13.3. The normalized spacial score (nSPS) is 15.3. The third-order valence-electron chi connectivity index (χ3n) is 4.89. The molecule has 1 N–H and O–H groups in total. The molecule has 0 radical (unpaired) electrons. The fourth-order valence-electron chi connectivity index (χ4n) is 3.40. The molecule has 10 heteroatoms. The molecular weight excluding hydrogens is 519 g/mol. The standard InChI is InChI=1S/C22H19BrClFN4O2S/c1-3-31-20(30)18-12(2)26-21-27-22(32-11-14-6-9-16(25)10-17(14)24)28-29(21)19(18)13-4-7-15(23)8-5-13/h4-10,19H,3,11H2,1-2H3,(H,26,27,28)/t19-/m1/s1. The number of allylic oxidation sites excluding steroid dienone is 1. The Kier molecular flexibility index (Phi) is 6.88. The first-order valence-corrected chi connectivity index (χ1v) is 12.0. The highest BCUT2D eigenvalue weighted by Gasteiger charge is 2.35. The Hall–Kier alpha value is -2.36. The molecule has 0 fully saturated rings. The van der Waals surface area contributed by atoms with Crippen LogP contribution in [0.4, 0.5) is 10.3 Å². The van der Waals surface area contributed by atoms with Crippen LogP contribution in [0.2, 0.25) is 5.02 Å². The Balaban J connectivity index is 1.68. The van der Waals surface area contributed by atoms with Crippen molar-refractivity contribution in [1.29, 1.82) is 0 Å². The molecule has 0 unspecified atom stereocenters. The fourth-order valence-corrected chi connectivity index (χ4v) is 4.81. The van der Waals surface area contributed by atoms with Gasteiger partial charge in [-0.15, -0.1) is 5.10 Å². The van der Waals surface area contributed by atoms with Crippen molar-refractivity contribution in [2.45, 2.75) is 30.8 Å². The lowest BCUT2D eigenvalue weighted by atomic mass is 9.96. The summed E-state index contributed by atoms with van der Waals surface area (Å²) in [6, 6.07) is 11.5. The molecule has 3 aromatic rings. The van der Waals surface area contributed by atoms with Gasteiger partial charge in [0, 0.05) is 20.9 Å². The van der Waals surface area contributed by atoms with Crippen LogP contribution >= 0.6 is 39.3 Å². The quantitative estimate of drug-likeness (QED) is 0.308. The average molecular weight is 538 g/mol. The van der Waals surface area contributed by atoms with Crippen LogP contribution < -0.4 is 5.32 Å². The van der Waals surface area contributed by atoms with Crippen molar-refractivity contribution in [3.8, 4) is 0 Å². The van der Waals surface area contributed by atoms with E-state index in [1.165, 1.54) is 23.9 Å². The summed E-state index contributed by atoms with van der Waals surface area (Å²) >= 11 is 11.0. The van der Waals surface area contributed by atoms with Crippen LogP contribution in [0.1, 0.15) is 31.0 Å². The van der Waals surface area contributed by atoms with E-state index in [1.807, 2.05) is 31.2 Å². The molecule has 6 nitrogen and oxygen atoms in total. The molecule has 0 spiro atoms. The number of hydrogen-bond donors (Lipinski definition) is 1. The Morgan fingerprint density at radius 2 is 2.06 bits per heavy atom. The van der Waals surface area contributed by atoms with Crippen LogP contribution in [-0.2, 0) is 15.3 Å². The monoisotopic (exact) mass is 536 g/mol. The Morgan fingerprint density at radius 3 is 2.75 bits per heavy atom. The van der Waals surface area contributed by atoms with Crippen LogP contribution in [0.3, 0.4) is 0 Å². The molecule has 2 aromatic carbocycles. The smallest absolute Gasteiger partial charge is 0.338 e. The molecule has 1 aromatic heterocycles. The summed E-state index contributed by atoms with van der Waals surface area (Å²) in [6.45, 7) is 3.86. The molecule has 0 saturated carbocycles. The van der Waals surface area contributed by atoms with Gasteiger partial charge in [-0.3, -0.25) is 0 Å². The molecule has 32 heavy (non-hydrogen) atoms. The lowest BCUT2D eigenvalue weighted by molar-refractivity contribution is -0.139. The van der Waals surface area contributed by atoms with Crippen LogP contribution in [0.15, 0.2) is 63.4 Å². The highest BCUT2D eigenvalue weighted by atomic mass is 79.9. The van der Waals surface area contributed by atoms with E-state index in [9.17, 15) is 9.18 Å². The van der Waals surface area contributed by atoms with Gasteiger partial charge >= 0.3 is 5.97 Å². The first-order valence-electron chi connectivity index (χ1n) is 9.81. The van der Waals surface area contributed by atoms with E-state index in [1.54, 1.807) is 17.7 Å². The summed E-state index contributed by atoms with van der Waals surface area (Å²) in [5, 5.41) is 8.69. The van der Waals surface area contributed by atoms with Gasteiger partial charge in [0.1, 0.15) is 11.9 Å². The number of halogens is 3. The van der Waals surface area contributed by atoms with E-state index in [0.717, 1.165) is 15.6 Å². The Bertz CT molecular complexity index is 1200. The van der Waals surface area contributed by atoms with E-state index in [2.05, 4.69) is 31.3 Å². The Morgan fingerprint density at radius 1 is 1.31 bits per heavy atom. The van der Waals surface area contributed by atoms with E-state index in [4.69, 9.17) is 16.3 Å². The topological polar surface area (TPSA) is 69.0 Å². The summed E-state index contributed by atoms with van der Waals surface area (Å²) in [5.74, 6) is 0.215. The van der Waals surface area contributed by atoms with Gasteiger partial charge in [0.15, 0.2) is 0 Å². The largest absolute Gasteiger partial charge is 0.463 e. The van der Waals surface area contributed by atoms with E-state index >= 15 is 0 Å². The molecule has 1 aliphatic rings. The maximum atomic E-state index is 13.3. The molecule has 4 rings (SSSR count). The van der Waals surface area contributed by atoms with Gasteiger partial charge in [-0.1, -0.05) is 57.5 Å². The number of carbonyl (C=O) groups excluding carboxylic acids is 1. The predicted octanol–water partition coefficient (Wildman–Crippen LogP) is 5.98. The van der Waals surface area contributed by atoms with Gasteiger partial charge in [0.25, 0.3) is 0 Å². The number of ether oxygens (including phenoxy) is 1. The summed E-state index contributed by atoms with van der Waals surface area (Å²) in [6.07, 6.45) is 0. The first-order chi connectivity index (χ1) is 15.4. The third-order valence-corrected chi connectivity index (χ3v) is 6.65. The van der Waals surface area contributed by atoms with Crippen LogP contribution in [0.5, 0.6) is 0 Å². The SMILES string of the molecule is CCOC(=O)C1=C(C)Nc2nc(SCc3ccc(F)cc3Cl)nn2[C@@H]1c1ccc(Br)cc1. The summed E-state index contributed by atoms with van der Waals surface area (Å²) in [7, 11) is 0. The molecule has 2 heterocycles. The van der Waals surface area contributed by atoms with Gasteiger partial charge in [0.2, 0.25) is 11.1 Å². The minimum atomic E-state index is -0.491. The number of esters is 1. The zero-order valence-corrected chi connectivity index (χ0v) is 20.4. The highest BCUT2D eigenvalue weighted by molar-refractivity contribution is 9.10. The number of hydrogen-bond acceptors (Lipinski definition) is 6. The molecule has 0 aliphatic carbocycles. The third kappa shape index (κ3) is 4.69. The zero-order valence-electron chi connectivity index (χ0n) is 17.2. The second-order valence-corrected chi connectivity index (χ2v) is 9.29. The van der Waals surface area contributed by atoms with Gasteiger partial charge in [-0.25, -0.2) is 13.9 Å². The number of aromatic nitrogens is 3. The van der Waals surface area contributed by atoms with Crippen molar-refractivity contribution < 1.29 is 13.9 Å². The summed E-state index contributed by atoms with van der Waals surface area (Å²) in [5.41, 5.74) is 2.80. The molecule has 1 atom stereocenters. The van der Waals surface area contributed by atoms with Gasteiger partial charge in [-0.2, -0.15) is 4.98 Å². The van der Waals surface area contributed by atoms with Crippen molar-refractivity contribution >= 4 is 51.2 Å². The lowest BCUT2D eigenvalue weighted by Crippen LogP contribution is -2.29. The summed E-state index contributed by atoms with van der Waals surface area (Å²) < 4.78 is 21.3. The number of anilines is 1. The maximum Gasteiger partial charge on any atom is 0.338 e. The zero-order chi connectivity index (χ0) is 22.8. The van der Waals surface area contributed by atoms with Crippen molar-refractivity contribution in [2.75, 3.05) is 11.9 Å². The van der Waals surface area contributed by atoms with Gasteiger partial charge in [-0.05, 0) is 49.2 Å². The first kappa shape index (κ1) is 22.8. The van der Waals surface area contributed by atoms with Gasteiger partial charge < -0.3 is 10.1 Å². The van der Waals surface area contributed by atoms with E-state index in [-0.39, 0.29) is 12.4 Å². The Labute approximate surface area is 202 Å².